The first-order valence-electron chi connectivity index (χ1n) is 33.4. The van der Waals surface area contributed by atoms with E-state index < -0.39 is 0 Å². The van der Waals surface area contributed by atoms with Crippen molar-refractivity contribution in [3.63, 3.8) is 0 Å². The van der Waals surface area contributed by atoms with Crippen LogP contribution in [0.4, 0.5) is 0 Å². The first kappa shape index (κ1) is 90.6. The van der Waals surface area contributed by atoms with Gasteiger partial charge in [0.25, 0.3) is 0 Å². The quantitative estimate of drug-likeness (QED) is 0.0465. The molecule has 0 aliphatic rings. The first-order chi connectivity index (χ1) is 52.4. The highest BCUT2D eigenvalue weighted by Gasteiger charge is 2.09. The third kappa shape index (κ3) is 39.0. The molecule has 0 radical (unpaired) electrons. The van der Waals surface area contributed by atoms with Gasteiger partial charge in [-0.25, -0.2) is 9.59 Å². The van der Waals surface area contributed by atoms with Crippen molar-refractivity contribution in [2.24, 2.45) is 45.9 Å². The smallest absolute Gasteiger partial charge is 0.343 e. The predicted molar refractivity (Wildman–Crippen MR) is 444 cm³/mol. The Balaban J connectivity index is 0.000000679. The maximum Gasteiger partial charge on any atom is 0.343 e. The number of esters is 2. The summed E-state index contributed by atoms with van der Waals surface area (Å²) in [6, 6.07) is 108. The minimum atomic E-state index is -0.380. The predicted octanol–water partition coefficient (Wildman–Crippen LogP) is 14.2. The van der Waals surface area contributed by atoms with E-state index in [1.165, 1.54) is 56.4 Å². The molecule has 12 aromatic carbocycles. The van der Waals surface area contributed by atoms with Gasteiger partial charge in [0, 0.05) is 66.8 Å². The number of carbonyl (C=O) groups excluding carboxylic acids is 2. The zero-order valence-corrected chi connectivity index (χ0v) is 61.6. The number of ether oxygens (including phenoxy) is 2. The molecule has 0 spiro atoms. The lowest BCUT2D eigenvalue weighted by atomic mass is 10.1. The standard InChI is InChI=1S/C29H18O2.C22H14.C21H14O2.C14H10.8CH5N/c30-29(27-9-5-2-6-10-27)31-28-21-19-26(20-22-28)18-17-25-15-13-24(14-16-25)12-11-23-7-3-1-4-8-23;1-3-7-19(8-4-1)11-13-21-15-17-22(18-16-21)14-12-20-9-5-2-6-10-20;22-21(19-9-5-2-6-10-19)23-20-15-13-18(14-16-20)12-11-17-7-3-1-4-8-17;1-3-7-13(8-4-1)11-12-14-9-5-2-6-10-14;8*1-2/h1-10,13-16,19-22H;1-10,15-18H;1-10,13-16H;1-10H;8*2H2,1H3. The Bertz CT molecular complexity index is 4520. The molecule has 106 heavy (non-hydrogen) atoms. The van der Waals surface area contributed by atoms with Gasteiger partial charge in [-0.05, 0) is 251 Å². The molecule has 12 aromatic rings. The van der Waals surface area contributed by atoms with Crippen molar-refractivity contribution in [3.8, 4) is 82.5 Å². The van der Waals surface area contributed by atoms with E-state index in [4.69, 9.17) is 9.47 Å². The average Bonchev–Trinajstić information content (AvgIpc) is 0.883. The van der Waals surface area contributed by atoms with Gasteiger partial charge >= 0.3 is 11.9 Å². The molecule has 0 bridgehead atoms. The van der Waals surface area contributed by atoms with E-state index in [-0.39, 0.29) is 11.9 Å². The molecule has 12 rings (SSSR count). The summed E-state index contributed by atoms with van der Waals surface area (Å²) in [5.74, 6) is 37.8. The second kappa shape index (κ2) is 61.5. The van der Waals surface area contributed by atoms with Gasteiger partial charge in [-0.1, -0.05) is 217 Å². The SMILES string of the molecule is C(#Cc1ccc(C#Cc2ccccc2)cc1)c1ccccc1.C(#Cc1ccccc1)c1ccccc1.CN.CN.CN.CN.CN.CN.CN.CN.O=C(Oc1ccc(C#Cc2ccc(C#Cc3ccccc3)cc2)cc1)c1ccccc1.O=C(Oc1ccc(C#Cc2ccccc2)cc1)c1ccccc1. The van der Waals surface area contributed by atoms with Crippen molar-refractivity contribution >= 4 is 11.9 Å². The average molecular weight is 1400 g/mol. The van der Waals surface area contributed by atoms with Crippen molar-refractivity contribution in [3.05, 3.63) is 418 Å². The van der Waals surface area contributed by atoms with Gasteiger partial charge in [0.2, 0.25) is 0 Å². The Morgan fingerprint density at radius 1 is 0.170 bits per heavy atom. The molecule has 12 nitrogen and oxygen atoms in total. The van der Waals surface area contributed by atoms with Crippen molar-refractivity contribution in [2.75, 3.05) is 56.4 Å². The van der Waals surface area contributed by atoms with Crippen LogP contribution < -0.4 is 55.3 Å². The molecule has 0 aliphatic carbocycles. The van der Waals surface area contributed by atoms with Gasteiger partial charge in [-0.2, -0.15) is 0 Å². The Morgan fingerprint density at radius 2 is 0.283 bits per heavy atom. The van der Waals surface area contributed by atoms with Crippen LogP contribution >= 0.6 is 0 Å². The number of benzene rings is 12. The van der Waals surface area contributed by atoms with E-state index in [1.54, 1.807) is 72.8 Å². The number of carbonyl (C=O) groups is 2. The van der Waals surface area contributed by atoms with Gasteiger partial charge in [0.1, 0.15) is 11.5 Å². The fourth-order valence-corrected chi connectivity index (χ4v) is 7.96. The Hall–Kier alpha value is -13.4. The second-order valence-corrected chi connectivity index (χ2v) is 19.4. The summed E-state index contributed by atoms with van der Waals surface area (Å²) in [5.41, 5.74) is 48.7. The van der Waals surface area contributed by atoms with Crippen molar-refractivity contribution < 1.29 is 19.1 Å². The van der Waals surface area contributed by atoms with Crippen LogP contribution in [0, 0.1) is 71.0 Å². The third-order valence-corrected chi connectivity index (χ3v) is 12.7. The normalized spacial score (nSPS) is 8.38. The zero-order chi connectivity index (χ0) is 77.9. The summed E-state index contributed by atoms with van der Waals surface area (Å²) >= 11 is 0. The van der Waals surface area contributed by atoms with Crippen LogP contribution in [-0.4, -0.2) is 68.3 Å². The lowest BCUT2D eigenvalue weighted by Crippen LogP contribution is -2.07. The molecule has 0 amide bonds. The molecule has 0 heterocycles. The number of rotatable bonds is 4. The topological polar surface area (TPSA) is 261 Å². The summed E-state index contributed by atoms with van der Waals surface area (Å²) < 4.78 is 10.7. The van der Waals surface area contributed by atoms with E-state index in [2.05, 4.69) is 117 Å². The molecule has 536 valence electrons. The monoisotopic (exact) mass is 1400 g/mol. The lowest BCUT2D eigenvalue weighted by Gasteiger charge is -2.04. The number of hydrogen-bond acceptors (Lipinski definition) is 12. The summed E-state index contributed by atoms with van der Waals surface area (Å²) in [4.78, 5) is 24.1. The van der Waals surface area contributed by atoms with Gasteiger partial charge in [-0.15, -0.1) is 0 Å². The summed E-state index contributed by atoms with van der Waals surface area (Å²) in [6.07, 6.45) is 0. The molecular formula is C94H96N8O4. The van der Waals surface area contributed by atoms with E-state index in [0.717, 1.165) is 66.8 Å². The van der Waals surface area contributed by atoms with Crippen LogP contribution in [0.2, 0.25) is 0 Å². The Labute approximate surface area is 629 Å². The molecule has 16 N–H and O–H groups in total. The molecule has 0 atom stereocenters. The molecule has 0 aliphatic heterocycles. The molecule has 12 heteroatoms. The molecule has 0 saturated carbocycles. The van der Waals surface area contributed by atoms with Crippen LogP contribution in [0.15, 0.2) is 340 Å². The largest absolute Gasteiger partial charge is 0.423 e. The van der Waals surface area contributed by atoms with Gasteiger partial charge in [-0.3, -0.25) is 0 Å². The Kier molecular flexibility index (Phi) is 52.6. The van der Waals surface area contributed by atoms with Crippen LogP contribution in [0.1, 0.15) is 87.5 Å². The molecule has 0 saturated heterocycles. The van der Waals surface area contributed by atoms with E-state index in [0.29, 0.717) is 22.6 Å². The number of nitrogens with two attached hydrogens (primary N) is 8. The third-order valence-electron chi connectivity index (χ3n) is 12.7. The van der Waals surface area contributed by atoms with Gasteiger partial charge in [0.15, 0.2) is 0 Å². The van der Waals surface area contributed by atoms with Crippen molar-refractivity contribution in [1.29, 1.82) is 0 Å². The first-order valence-corrected chi connectivity index (χ1v) is 33.4. The zero-order valence-electron chi connectivity index (χ0n) is 61.6. The second-order valence-electron chi connectivity index (χ2n) is 19.4. The fourth-order valence-electron chi connectivity index (χ4n) is 7.96. The van der Waals surface area contributed by atoms with Gasteiger partial charge in [0.05, 0.1) is 11.1 Å². The number of hydrogen-bond donors (Lipinski definition) is 8. The minimum Gasteiger partial charge on any atom is -0.423 e. The summed E-state index contributed by atoms with van der Waals surface area (Å²) in [7, 11) is 12.0. The van der Waals surface area contributed by atoms with Gasteiger partial charge < -0.3 is 55.3 Å². The Morgan fingerprint density at radius 3 is 0.425 bits per heavy atom. The maximum atomic E-state index is 12.1. The molecular weight excluding hydrogens is 1310 g/mol. The van der Waals surface area contributed by atoms with Crippen LogP contribution in [0.5, 0.6) is 11.5 Å². The van der Waals surface area contributed by atoms with E-state index >= 15 is 0 Å². The molecule has 0 aromatic heterocycles. The molecule has 0 fully saturated rings. The van der Waals surface area contributed by atoms with Crippen LogP contribution in [-0.2, 0) is 0 Å². The highest BCUT2D eigenvalue weighted by molar-refractivity contribution is 5.91. The highest BCUT2D eigenvalue weighted by Crippen LogP contribution is 2.17. The highest BCUT2D eigenvalue weighted by atomic mass is 16.5. The summed E-state index contributed by atoms with van der Waals surface area (Å²) in [6.45, 7) is 0. The van der Waals surface area contributed by atoms with E-state index in [1.807, 2.05) is 267 Å². The van der Waals surface area contributed by atoms with Crippen molar-refractivity contribution in [2.45, 2.75) is 0 Å². The maximum absolute atomic E-state index is 12.1. The summed E-state index contributed by atoms with van der Waals surface area (Å²) in [5, 5.41) is 0. The van der Waals surface area contributed by atoms with Crippen molar-refractivity contribution in [1.82, 2.24) is 0 Å². The fraction of sp³-hybridized carbons (Fsp3) is 0.0851. The van der Waals surface area contributed by atoms with Crippen LogP contribution in [0.3, 0.4) is 0 Å². The van der Waals surface area contributed by atoms with Crippen LogP contribution in [0.25, 0.3) is 0 Å². The molecule has 0 unspecified atom stereocenters. The lowest BCUT2D eigenvalue weighted by molar-refractivity contribution is 0.0725. The minimum absolute atomic E-state index is 0.367. The van der Waals surface area contributed by atoms with E-state index in [9.17, 15) is 9.59 Å².